The molecule has 2 aliphatic heterocycles. The number of pyridine rings is 3. The Balaban J connectivity index is 1.70. The van der Waals surface area contributed by atoms with E-state index in [1.54, 1.807) is 23.2 Å². The van der Waals surface area contributed by atoms with Crippen LogP contribution in [0.15, 0.2) is 54.0 Å². The van der Waals surface area contributed by atoms with Crippen LogP contribution in [0.25, 0.3) is 28.0 Å². The summed E-state index contributed by atoms with van der Waals surface area (Å²) in [4.78, 5) is 40.1. The topological polar surface area (TPSA) is 101 Å². The third-order valence-corrected chi connectivity index (χ3v) is 8.51. The van der Waals surface area contributed by atoms with E-state index in [0.29, 0.717) is 35.5 Å². The number of hydrogen-bond acceptors (Lipinski definition) is 7. The number of hydrogen-bond donors (Lipinski definition) is 1. The number of carbonyl (C=O) groups is 1. The average molecular weight is 604 g/mol. The van der Waals surface area contributed by atoms with Crippen LogP contribution in [0, 0.1) is 12.7 Å². The molecule has 1 fully saturated rings. The SMILES string of the molecule is C=CC(=O)N1CC2COc3c(c4cc(F)c(-c5c(O)cccc5Cl)nc4n(-c4c(C)ccnc4C(C)C)c3=O)N2CC1C. The van der Waals surface area contributed by atoms with Crippen molar-refractivity contribution in [3.05, 3.63) is 81.6 Å². The fourth-order valence-corrected chi connectivity index (χ4v) is 6.39. The van der Waals surface area contributed by atoms with Gasteiger partial charge in [-0.25, -0.2) is 9.37 Å². The molecule has 2 aliphatic rings. The summed E-state index contributed by atoms with van der Waals surface area (Å²) < 4.78 is 23.7. The van der Waals surface area contributed by atoms with Crippen LogP contribution in [-0.4, -0.2) is 62.2 Å². The van der Waals surface area contributed by atoms with Gasteiger partial charge in [0.25, 0.3) is 0 Å². The third kappa shape index (κ3) is 4.52. The zero-order chi connectivity index (χ0) is 30.7. The van der Waals surface area contributed by atoms with Gasteiger partial charge in [-0.2, -0.15) is 0 Å². The number of aromatic hydroxyl groups is 1. The summed E-state index contributed by atoms with van der Waals surface area (Å²) in [5, 5.41) is 11.1. The number of phenols is 1. The van der Waals surface area contributed by atoms with Gasteiger partial charge >= 0.3 is 5.56 Å². The largest absolute Gasteiger partial charge is 0.507 e. The van der Waals surface area contributed by atoms with Crippen LogP contribution < -0.4 is 15.2 Å². The third-order valence-electron chi connectivity index (χ3n) is 8.19. The number of benzene rings is 1. The predicted molar refractivity (Wildman–Crippen MR) is 164 cm³/mol. The number of aryl methyl sites for hydroxylation is 1. The van der Waals surface area contributed by atoms with Crippen molar-refractivity contribution in [2.75, 3.05) is 24.6 Å². The number of anilines is 1. The van der Waals surface area contributed by atoms with E-state index in [0.717, 1.165) is 5.56 Å². The van der Waals surface area contributed by atoms with E-state index in [1.807, 2.05) is 32.6 Å². The smallest absolute Gasteiger partial charge is 0.301 e. The molecule has 1 amide bonds. The fraction of sp³-hybridized carbons (Fsp3) is 0.312. The number of fused-ring (bicyclic) bond motifs is 5. The first-order valence-corrected chi connectivity index (χ1v) is 14.5. The Hall–Kier alpha value is -4.44. The summed E-state index contributed by atoms with van der Waals surface area (Å²) in [5.74, 6) is -1.14. The Morgan fingerprint density at radius 2 is 2.02 bits per heavy atom. The van der Waals surface area contributed by atoms with E-state index in [1.165, 1.54) is 28.8 Å². The van der Waals surface area contributed by atoms with Crippen molar-refractivity contribution in [3.8, 4) is 28.4 Å². The molecule has 43 heavy (non-hydrogen) atoms. The molecule has 0 radical (unpaired) electrons. The van der Waals surface area contributed by atoms with Gasteiger partial charge in [0, 0.05) is 30.7 Å². The molecule has 222 valence electrons. The Bertz CT molecular complexity index is 1850. The first kappa shape index (κ1) is 28.7. The second-order valence-corrected chi connectivity index (χ2v) is 11.7. The maximum atomic E-state index is 16.1. The number of carbonyl (C=O) groups excluding carboxylic acids is 1. The summed E-state index contributed by atoms with van der Waals surface area (Å²) in [6, 6.07) is 7.11. The standard InChI is InChI=1S/C32H31ClFN5O4/c1-6-24(41)37-14-19-15-43-30-29(38(19)13-18(37)5)20-12-22(34)27(25-21(33)8-7-9-23(25)40)36-31(20)39(32(30)42)28-17(4)10-11-35-26(28)16(2)3/h6-12,16,18-19,40H,1,13-15H2,2-5H3. The molecule has 1 saturated heterocycles. The zero-order valence-corrected chi connectivity index (χ0v) is 25.0. The van der Waals surface area contributed by atoms with Crippen LogP contribution in [0.3, 0.4) is 0 Å². The number of ether oxygens (including phenoxy) is 1. The molecule has 6 rings (SSSR count). The number of phenolic OH excluding ortho intramolecular Hbond substituents is 1. The van der Waals surface area contributed by atoms with Crippen LogP contribution in [0.5, 0.6) is 11.5 Å². The van der Waals surface area contributed by atoms with Crippen LogP contribution >= 0.6 is 11.6 Å². The summed E-state index contributed by atoms with van der Waals surface area (Å²) in [6.45, 7) is 12.3. The molecule has 1 N–H and O–H groups in total. The Kier molecular flexibility index (Phi) is 7.12. The molecular weight excluding hydrogens is 573 g/mol. The maximum Gasteiger partial charge on any atom is 0.301 e. The molecule has 0 bridgehead atoms. The first-order valence-electron chi connectivity index (χ1n) is 14.1. The molecule has 5 heterocycles. The monoisotopic (exact) mass is 603 g/mol. The van der Waals surface area contributed by atoms with Crippen molar-refractivity contribution in [1.82, 2.24) is 19.4 Å². The summed E-state index contributed by atoms with van der Waals surface area (Å²) >= 11 is 6.43. The second kappa shape index (κ2) is 10.7. The number of aromatic nitrogens is 3. The van der Waals surface area contributed by atoms with E-state index < -0.39 is 11.4 Å². The first-order chi connectivity index (χ1) is 20.5. The highest BCUT2D eigenvalue weighted by Crippen LogP contribution is 2.43. The number of piperazine rings is 1. The van der Waals surface area contributed by atoms with Crippen LogP contribution in [0.2, 0.25) is 5.02 Å². The minimum atomic E-state index is -0.731. The van der Waals surface area contributed by atoms with Crippen molar-refractivity contribution in [1.29, 1.82) is 0 Å². The van der Waals surface area contributed by atoms with Gasteiger partial charge in [-0.15, -0.1) is 0 Å². The number of rotatable bonds is 4. The normalized spacial score (nSPS) is 17.9. The van der Waals surface area contributed by atoms with Gasteiger partial charge in [0.2, 0.25) is 11.7 Å². The van der Waals surface area contributed by atoms with Gasteiger partial charge in [-0.05, 0) is 55.7 Å². The highest BCUT2D eigenvalue weighted by molar-refractivity contribution is 6.33. The molecule has 2 atom stereocenters. The zero-order valence-electron chi connectivity index (χ0n) is 24.3. The lowest BCUT2D eigenvalue weighted by molar-refractivity contribution is -0.129. The van der Waals surface area contributed by atoms with E-state index in [-0.39, 0.29) is 63.9 Å². The molecule has 0 aliphatic carbocycles. The molecule has 0 saturated carbocycles. The molecule has 3 aromatic heterocycles. The summed E-state index contributed by atoms with van der Waals surface area (Å²) in [6.07, 6.45) is 2.97. The molecular formula is C32H31ClFN5O4. The minimum Gasteiger partial charge on any atom is -0.507 e. The van der Waals surface area contributed by atoms with Crippen molar-refractivity contribution in [3.63, 3.8) is 0 Å². The lowest BCUT2D eigenvalue weighted by Gasteiger charge is -2.48. The number of nitrogens with zero attached hydrogens (tertiary/aromatic N) is 5. The fourth-order valence-electron chi connectivity index (χ4n) is 6.13. The molecule has 0 spiro atoms. The van der Waals surface area contributed by atoms with Crippen molar-refractivity contribution < 1.29 is 19.0 Å². The van der Waals surface area contributed by atoms with Crippen LogP contribution in [0.1, 0.15) is 37.9 Å². The Morgan fingerprint density at radius 1 is 1.26 bits per heavy atom. The maximum absolute atomic E-state index is 16.1. The molecule has 9 nitrogen and oxygen atoms in total. The van der Waals surface area contributed by atoms with Crippen molar-refractivity contribution in [2.45, 2.75) is 45.7 Å². The quantitative estimate of drug-likeness (QED) is 0.313. The van der Waals surface area contributed by atoms with E-state index in [4.69, 9.17) is 21.3 Å². The van der Waals surface area contributed by atoms with Crippen molar-refractivity contribution in [2.24, 2.45) is 0 Å². The highest BCUT2D eigenvalue weighted by Gasteiger charge is 2.41. The molecule has 11 heteroatoms. The van der Waals surface area contributed by atoms with E-state index in [2.05, 4.69) is 11.6 Å². The lowest BCUT2D eigenvalue weighted by Crippen LogP contribution is -2.62. The lowest BCUT2D eigenvalue weighted by atomic mass is 10.0. The Labute approximate surface area is 252 Å². The highest BCUT2D eigenvalue weighted by atomic mass is 35.5. The van der Waals surface area contributed by atoms with E-state index in [9.17, 15) is 14.7 Å². The van der Waals surface area contributed by atoms with Crippen molar-refractivity contribution >= 4 is 34.2 Å². The molecule has 1 aromatic carbocycles. The second-order valence-electron chi connectivity index (χ2n) is 11.3. The van der Waals surface area contributed by atoms with Gasteiger partial charge in [0.1, 0.15) is 18.1 Å². The van der Waals surface area contributed by atoms with Crippen LogP contribution in [0.4, 0.5) is 10.1 Å². The van der Waals surface area contributed by atoms with Gasteiger partial charge in [0.15, 0.2) is 11.5 Å². The molecule has 2 unspecified atom stereocenters. The minimum absolute atomic E-state index is 0.0200. The Morgan fingerprint density at radius 3 is 2.72 bits per heavy atom. The van der Waals surface area contributed by atoms with Gasteiger partial charge in [-0.1, -0.05) is 38.1 Å². The van der Waals surface area contributed by atoms with Gasteiger partial charge in [-0.3, -0.25) is 19.1 Å². The van der Waals surface area contributed by atoms with Gasteiger partial charge < -0.3 is 19.6 Å². The van der Waals surface area contributed by atoms with E-state index >= 15 is 4.39 Å². The van der Waals surface area contributed by atoms with Crippen LogP contribution in [-0.2, 0) is 4.79 Å². The summed E-state index contributed by atoms with van der Waals surface area (Å²) in [7, 11) is 0. The number of amides is 1. The molecule has 4 aromatic rings. The van der Waals surface area contributed by atoms with Gasteiger partial charge in [0.05, 0.1) is 33.7 Å². The summed E-state index contributed by atoms with van der Waals surface area (Å²) in [5.41, 5.74) is 1.91. The predicted octanol–water partition coefficient (Wildman–Crippen LogP) is 5.36. The average Bonchev–Trinajstić information content (AvgIpc) is 2.97. The number of halogens is 2.